The second-order valence-electron chi connectivity index (χ2n) is 6.07. The predicted octanol–water partition coefficient (Wildman–Crippen LogP) is 1.66. The lowest BCUT2D eigenvalue weighted by molar-refractivity contribution is -0.134. The Labute approximate surface area is 126 Å². The molecule has 2 fully saturated rings. The average molecular weight is 291 g/mol. The van der Waals surface area contributed by atoms with Crippen LogP contribution in [0, 0.1) is 0 Å². The van der Waals surface area contributed by atoms with Crippen LogP contribution < -0.4 is 0 Å². The van der Waals surface area contributed by atoms with Crippen molar-refractivity contribution >= 4 is 5.78 Å². The van der Waals surface area contributed by atoms with E-state index < -0.39 is 0 Å². The van der Waals surface area contributed by atoms with Gasteiger partial charge in [0.25, 0.3) is 0 Å². The van der Waals surface area contributed by atoms with Crippen molar-refractivity contribution in [3.63, 3.8) is 0 Å². The van der Waals surface area contributed by atoms with Crippen LogP contribution in [0.5, 0.6) is 0 Å². The molecule has 2 aliphatic rings. The van der Waals surface area contributed by atoms with Crippen molar-refractivity contribution in [2.24, 2.45) is 0 Å². The number of ketones is 1. The monoisotopic (exact) mass is 291 g/mol. The van der Waals surface area contributed by atoms with Crippen LogP contribution in [0.1, 0.15) is 38.4 Å². The lowest BCUT2D eigenvalue weighted by Gasteiger charge is -2.42. The van der Waals surface area contributed by atoms with Crippen molar-refractivity contribution in [3.05, 3.63) is 18.2 Å². The first-order valence-corrected chi connectivity index (χ1v) is 8.12. The van der Waals surface area contributed by atoms with Crippen LogP contribution in [0.2, 0.25) is 0 Å². The Kier molecular flexibility index (Phi) is 4.40. The molecule has 5 heteroatoms. The maximum atomic E-state index is 13.1. The fraction of sp³-hybridized carbons (Fsp3) is 0.750. The van der Waals surface area contributed by atoms with E-state index in [4.69, 9.17) is 4.74 Å². The number of hydrogen-bond acceptors (Lipinski definition) is 4. The highest BCUT2D eigenvalue weighted by molar-refractivity contribution is 5.90. The molecular formula is C16H25N3O2. The highest BCUT2D eigenvalue weighted by atomic mass is 16.5. The Morgan fingerprint density at radius 3 is 2.71 bits per heavy atom. The fourth-order valence-corrected chi connectivity index (χ4v) is 3.83. The second kappa shape index (κ2) is 6.28. The zero-order chi connectivity index (χ0) is 14.7. The van der Waals surface area contributed by atoms with Crippen LogP contribution in [-0.4, -0.2) is 52.1 Å². The van der Waals surface area contributed by atoms with E-state index in [-0.39, 0.29) is 5.54 Å². The van der Waals surface area contributed by atoms with Gasteiger partial charge < -0.3 is 9.30 Å². The molecule has 0 N–H and O–H groups in total. The number of morpholine rings is 1. The molecule has 1 aliphatic carbocycles. The normalized spacial score (nSPS) is 22.5. The van der Waals surface area contributed by atoms with E-state index in [2.05, 4.69) is 21.4 Å². The van der Waals surface area contributed by atoms with Gasteiger partial charge in [0.1, 0.15) is 5.82 Å². The standard InChI is InChI=1S/C16H25N3O2/c1-2-18-8-7-17-15(18)13-14(20)16(5-3-4-6-16)19-9-11-21-12-10-19/h7-8H,2-6,9-13H2,1H3. The van der Waals surface area contributed by atoms with E-state index in [1.807, 2.05) is 6.20 Å². The molecule has 0 amide bonds. The lowest BCUT2D eigenvalue weighted by atomic mass is 9.87. The smallest absolute Gasteiger partial charge is 0.160 e. The van der Waals surface area contributed by atoms with Gasteiger partial charge in [0, 0.05) is 32.0 Å². The first-order chi connectivity index (χ1) is 10.3. The van der Waals surface area contributed by atoms with Gasteiger partial charge in [-0.05, 0) is 19.8 Å². The molecule has 0 atom stereocenters. The van der Waals surface area contributed by atoms with E-state index in [1.54, 1.807) is 6.20 Å². The minimum atomic E-state index is -0.256. The molecule has 1 aromatic heterocycles. The van der Waals surface area contributed by atoms with Crippen molar-refractivity contribution in [1.29, 1.82) is 0 Å². The summed E-state index contributed by atoms with van der Waals surface area (Å²) < 4.78 is 7.53. The summed E-state index contributed by atoms with van der Waals surface area (Å²) in [5.41, 5.74) is -0.256. The van der Waals surface area contributed by atoms with Gasteiger partial charge >= 0.3 is 0 Å². The predicted molar refractivity (Wildman–Crippen MR) is 80.2 cm³/mol. The number of hydrogen-bond donors (Lipinski definition) is 0. The topological polar surface area (TPSA) is 47.4 Å². The SMILES string of the molecule is CCn1ccnc1CC(=O)C1(N2CCOCC2)CCCC1. The lowest BCUT2D eigenvalue weighted by Crippen LogP contribution is -2.57. The van der Waals surface area contributed by atoms with Gasteiger partial charge in [-0.25, -0.2) is 4.98 Å². The summed E-state index contributed by atoms with van der Waals surface area (Å²) in [7, 11) is 0. The van der Waals surface area contributed by atoms with Gasteiger partial charge in [0.05, 0.1) is 25.2 Å². The number of imidazole rings is 1. The van der Waals surface area contributed by atoms with Crippen LogP contribution in [0.4, 0.5) is 0 Å². The molecule has 1 aliphatic heterocycles. The van der Waals surface area contributed by atoms with E-state index >= 15 is 0 Å². The molecule has 1 saturated heterocycles. The number of carbonyl (C=O) groups is 1. The molecule has 0 radical (unpaired) electrons. The maximum absolute atomic E-state index is 13.1. The highest BCUT2D eigenvalue weighted by Gasteiger charge is 2.46. The first-order valence-electron chi connectivity index (χ1n) is 8.12. The van der Waals surface area contributed by atoms with Crippen LogP contribution in [0.3, 0.4) is 0 Å². The highest BCUT2D eigenvalue weighted by Crippen LogP contribution is 2.37. The number of ether oxygens (including phenoxy) is 1. The molecule has 0 aromatic carbocycles. The molecule has 5 nitrogen and oxygen atoms in total. The Bertz CT molecular complexity index is 485. The number of Topliss-reactive ketones (excluding diaryl/α,β-unsaturated/α-hetero) is 1. The largest absolute Gasteiger partial charge is 0.379 e. The summed E-state index contributed by atoms with van der Waals surface area (Å²) in [5, 5.41) is 0. The number of rotatable bonds is 5. The van der Waals surface area contributed by atoms with E-state index in [1.165, 1.54) is 0 Å². The number of nitrogens with zero attached hydrogens (tertiary/aromatic N) is 3. The van der Waals surface area contributed by atoms with Crippen LogP contribution in [0.15, 0.2) is 12.4 Å². The van der Waals surface area contributed by atoms with Gasteiger partial charge in [0.2, 0.25) is 0 Å². The van der Waals surface area contributed by atoms with Gasteiger partial charge in [-0.3, -0.25) is 9.69 Å². The number of carbonyl (C=O) groups excluding carboxylic acids is 1. The molecule has 1 aromatic rings. The summed E-state index contributed by atoms with van der Waals surface area (Å²) in [6.07, 6.45) is 8.52. The summed E-state index contributed by atoms with van der Waals surface area (Å²) in [6.45, 7) is 6.22. The Hall–Kier alpha value is -1.20. The molecule has 3 rings (SSSR count). The third-order valence-corrected chi connectivity index (χ3v) is 5.03. The zero-order valence-corrected chi connectivity index (χ0v) is 12.9. The fourth-order valence-electron chi connectivity index (χ4n) is 3.83. The average Bonchev–Trinajstić information content (AvgIpc) is 3.17. The molecule has 21 heavy (non-hydrogen) atoms. The van der Waals surface area contributed by atoms with E-state index in [0.29, 0.717) is 12.2 Å². The number of aromatic nitrogens is 2. The van der Waals surface area contributed by atoms with Crippen molar-refractivity contribution in [1.82, 2.24) is 14.5 Å². The van der Waals surface area contributed by atoms with E-state index in [9.17, 15) is 4.79 Å². The molecule has 0 unspecified atom stereocenters. The van der Waals surface area contributed by atoms with Crippen molar-refractivity contribution in [2.45, 2.75) is 51.1 Å². The number of aryl methyl sites for hydroxylation is 1. The summed E-state index contributed by atoms with van der Waals surface area (Å²) in [5.74, 6) is 1.25. The molecule has 0 spiro atoms. The van der Waals surface area contributed by atoms with Crippen LogP contribution in [-0.2, 0) is 22.5 Å². The molecule has 2 heterocycles. The quantitative estimate of drug-likeness (QED) is 0.828. The van der Waals surface area contributed by atoms with Crippen molar-refractivity contribution < 1.29 is 9.53 Å². The Morgan fingerprint density at radius 1 is 1.33 bits per heavy atom. The summed E-state index contributed by atoms with van der Waals surface area (Å²) in [6, 6.07) is 0. The molecule has 1 saturated carbocycles. The van der Waals surface area contributed by atoms with Gasteiger partial charge in [-0.2, -0.15) is 0 Å². The van der Waals surface area contributed by atoms with Crippen molar-refractivity contribution in [3.8, 4) is 0 Å². The minimum Gasteiger partial charge on any atom is -0.379 e. The summed E-state index contributed by atoms with van der Waals surface area (Å²) in [4.78, 5) is 19.8. The van der Waals surface area contributed by atoms with E-state index in [0.717, 1.165) is 64.4 Å². The Morgan fingerprint density at radius 2 is 2.05 bits per heavy atom. The zero-order valence-electron chi connectivity index (χ0n) is 12.9. The third kappa shape index (κ3) is 2.77. The molecule has 116 valence electrons. The van der Waals surface area contributed by atoms with Crippen LogP contribution in [0.25, 0.3) is 0 Å². The Balaban J connectivity index is 1.78. The van der Waals surface area contributed by atoms with Crippen LogP contribution >= 0.6 is 0 Å². The van der Waals surface area contributed by atoms with Crippen molar-refractivity contribution in [2.75, 3.05) is 26.3 Å². The second-order valence-corrected chi connectivity index (χ2v) is 6.07. The summed E-state index contributed by atoms with van der Waals surface area (Å²) >= 11 is 0. The van der Waals surface area contributed by atoms with Gasteiger partial charge in [-0.15, -0.1) is 0 Å². The maximum Gasteiger partial charge on any atom is 0.160 e. The molecule has 0 bridgehead atoms. The van der Waals surface area contributed by atoms with Gasteiger partial charge in [0.15, 0.2) is 5.78 Å². The van der Waals surface area contributed by atoms with Gasteiger partial charge in [-0.1, -0.05) is 12.8 Å². The minimum absolute atomic E-state index is 0.256. The third-order valence-electron chi connectivity index (χ3n) is 5.03. The first kappa shape index (κ1) is 14.7. The molecular weight excluding hydrogens is 266 g/mol.